The number of thiophene rings is 1. The van der Waals surface area contributed by atoms with E-state index in [0.29, 0.717) is 29.6 Å². The molecule has 0 saturated carbocycles. The van der Waals surface area contributed by atoms with E-state index in [1.165, 1.54) is 22.7 Å². The molecule has 0 N–H and O–H groups in total. The van der Waals surface area contributed by atoms with Crippen molar-refractivity contribution in [3.05, 3.63) is 60.7 Å². The van der Waals surface area contributed by atoms with E-state index in [9.17, 15) is 14.9 Å². The number of nitro benzene ring substituents is 1. The Morgan fingerprint density at radius 3 is 2.96 bits per heavy atom. The van der Waals surface area contributed by atoms with Crippen molar-refractivity contribution in [3.8, 4) is 0 Å². The third-order valence-electron chi connectivity index (χ3n) is 4.85. The summed E-state index contributed by atoms with van der Waals surface area (Å²) in [5, 5.41) is 12.6. The fraction of sp³-hybridized carbons (Fsp3) is 0.368. The standard InChI is InChI=1S/C19H19N3O4S2/c1-26-10-9-21-18(23)16-13-6-4-8-15(13)28-17(16)20-19(21)27-11-12-5-2-3-7-14(12)22(24)25/h2-3,5,7H,4,6,8-11H2,1H3. The molecule has 0 fully saturated rings. The van der Waals surface area contributed by atoms with Crippen molar-refractivity contribution in [2.24, 2.45) is 0 Å². The summed E-state index contributed by atoms with van der Waals surface area (Å²) in [4.78, 5) is 30.9. The third-order valence-corrected chi connectivity index (χ3v) is 7.06. The highest BCUT2D eigenvalue weighted by Crippen LogP contribution is 2.36. The monoisotopic (exact) mass is 417 g/mol. The van der Waals surface area contributed by atoms with E-state index < -0.39 is 0 Å². The summed E-state index contributed by atoms with van der Waals surface area (Å²) in [6.07, 6.45) is 3.02. The van der Waals surface area contributed by atoms with E-state index in [2.05, 4.69) is 0 Å². The lowest BCUT2D eigenvalue weighted by Gasteiger charge is -2.12. The Bertz CT molecular complexity index is 1110. The van der Waals surface area contributed by atoms with Gasteiger partial charge >= 0.3 is 0 Å². The van der Waals surface area contributed by atoms with Crippen LogP contribution >= 0.6 is 23.1 Å². The fourth-order valence-corrected chi connectivity index (χ4v) is 5.83. The second kappa shape index (κ2) is 8.02. The topological polar surface area (TPSA) is 87.3 Å². The van der Waals surface area contributed by atoms with E-state index in [0.717, 1.165) is 35.0 Å². The number of para-hydroxylation sites is 1. The fourth-order valence-electron chi connectivity index (χ4n) is 3.50. The number of nitro groups is 1. The summed E-state index contributed by atoms with van der Waals surface area (Å²) in [7, 11) is 1.60. The van der Waals surface area contributed by atoms with Gasteiger partial charge in [0.1, 0.15) is 4.83 Å². The van der Waals surface area contributed by atoms with Crippen molar-refractivity contribution < 1.29 is 9.66 Å². The molecule has 0 bridgehead atoms. The number of aryl methyl sites for hydroxylation is 2. The van der Waals surface area contributed by atoms with E-state index in [1.54, 1.807) is 41.2 Å². The molecular formula is C19H19N3O4S2. The van der Waals surface area contributed by atoms with Crippen LogP contribution in [0.5, 0.6) is 0 Å². The Hall–Kier alpha value is -2.23. The third kappa shape index (κ3) is 3.45. The molecule has 4 rings (SSSR count). The van der Waals surface area contributed by atoms with Gasteiger partial charge in [-0.15, -0.1) is 11.3 Å². The first-order chi connectivity index (χ1) is 13.6. The van der Waals surface area contributed by atoms with Gasteiger partial charge < -0.3 is 4.74 Å². The zero-order chi connectivity index (χ0) is 19.7. The van der Waals surface area contributed by atoms with Crippen molar-refractivity contribution in [2.45, 2.75) is 36.7 Å². The Labute approximate surface area is 169 Å². The lowest BCUT2D eigenvalue weighted by molar-refractivity contribution is -0.385. The van der Waals surface area contributed by atoms with E-state index in [-0.39, 0.29) is 16.2 Å². The van der Waals surface area contributed by atoms with Crippen LogP contribution in [0.3, 0.4) is 0 Å². The molecule has 0 atom stereocenters. The number of ether oxygens (including phenoxy) is 1. The van der Waals surface area contributed by atoms with Gasteiger partial charge in [-0.3, -0.25) is 19.5 Å². The molecule has 7 nitrogen and oxygen atoms in total. The van der Waals surface area contributed by atoms with Gasteiger partial charge in [0.15, 0.2) is 5.16 Å². The van der Waals surface area contributed by atoms with Crippen molar-refractivity contribution in [1.29, 1.82) is 0 Å². The molecule has 0 spiro atoms. The Morgan fingerprint density at radius 2 is 2.18 bits per heavy atom. The maximum absolute atomic E-state index is 13.2. The molecule has 1 aliphatic rings. The predicted molar refractivity (Wildman–Crippen MR) is 110 cm³/mol. The molecule has 0 saturated heterocycles. The maximum atomic E-state index is 13.2. The van der Waals surface area contributed by atoms with Crippen LogP contribution in [0.4, 0.5) is 5.69 Å². The number of methoxy groups -OCH3 is 1. The minimum atomic E-state index is -0.381. The smallest absolute Gasteiger partial charge is 0.273 e. The molecule has 0 aliphatic heterocycles. The minimum absolute atomic E-state index is 0.0356. The molecule has 0 amide bonds. The lowest BCUT2D eigenvalue weighted by atomic mass is 10.2. The molecule has 1 aromatic carbocycles. The Balaban J connectivity index is 1.74. The molecule has 9 heteroatoms. The second-order valence-electron chi connectivity index (χ2n) is 6.56. The largest absolute Gasteiger partial charge is 0.383 e. The molecular weight excluding hydrogens is 398 g/mol. The van der Waals surface area contributed by atoms with Gasteiger partial charge in [0.2, 0.25) is 0 Å². The van der Waals surface area contributed by atoms with Gasteiger partial charge in [-0.2, -0.15) is 0 Å². The first-order valence-corrected chi connectivity index (χ1v) is 10.8. The molecule has 28 heavy (non-hydrogen) atoms. The van der Waals surface area contributed by atoms with Gasteiger partial charge in [-0.25, -0.2) is 4.98 Å². The van der Waals surface area contributed by atoms with Crippen molar-refractivity contribution >= 4 is 39.0 Å². The summed E-state index contributed by atoms with van der Waals surface area (Å²) < 4.78 is 6.82. The van der Waals surface area contributed by atoms with Crippen LogP contribution in [0.2, 0.25) is 0 Å². The van der Waals surface area contributed by atoms with Crippen LogP contribution < -0.4 is 5.56 Å². The van der Waals surface area contributed by atoms with Gasteiger partial charge in [-0.05, 0) is 24.8 Å². The predicted octanol–water partition coefficient (Wildman–Crippen LogP) is 3.79. The van der Waals surface area contributed by atoms with Crippen LogP contribution in [0, 0.1) is 10.1 Å². The van der Waals surface area contributed by atoms with Gasteiger partial charge in [0.25, 0.3) is 11.2 Å². The second-order valence-corrected chi connectivity index (χ2v) is 8.58. The molecule has 1 aliphatic carbocycles. The highest BCUT2D eigenvalue weighted by atomic mass is 32.2. The summed E-state index contributed by atoms with van der Waals surface area (Å²) in [5.74, 6) is 0.368. The number of thioether (sulfide) groups is 1. The average Bonchev–Trinajstić information content (AvgIpc) is 3.26. The number of hydrogen-bond acceptors (Lipinski definition) is 7. The van der Waals surface area contributed by atoms with Crippen molar-refractivity contribution in [3.63, 3.8) is 0 Å². The van der Waals surface area contributed by atoms with Crippen LogP contribution in [0.15, 0.2) is 34.2 Å². The maximum Gasteiger partial charge on any atom is 0.273 e. The number of aromatic nitrogens is 2. The molecule has 0 radical (unpaired) electrons. The number of rotatable bonds is 7. The van der Waals surface area contributed by atoms with Gasteiger partial charge in [-0.1, -0.05) is 30.0 Å². The summed E-state index contributed by atoms with van der Waals surface area (Å²) in [6, 6.07) is 6.66. The van der Waals surface area contributed by atoms with Crippen LogP contribution in [-0.4, -0.2) is 28.2 Å². The minimum Gasteiger partial charge on any atom is -0.383 e. The zero-order valence-corrected chi connectivity index (χ0v) is 17.0. The normalized spacial score (nSPS) is 13.2. The zero-order valence-electron chi connectivity index (χ0n) is 15.3. The molecule has 2 aromatic heterocycles. The number of nitrogens with zero attached hydrogens (tertiary/aromatic N) is 3. The number of fused-ring (bicyclic) bond motifs is 3. The highest BCUT2D eigenvalue weighted by molar-refractivity contribution is 7.98. The number of benzene rings is 1. The van der Waals surface area contributed by atoms with Crippen molar-refractivity contribution in [2.75, 3.05) is 13.7 Å². The lowest BCUT2D eigenvalue weighted by Crippen LogP contribution is -2.25. The summed E-state index contributed by atoms with van der Waals surface area (Å²) in [6.45, 7) is 0.806. The van der Waals surface area contributed by atoms with E-state index in [1.807, 2.05) is 0 Å². The summed E-state index contributed by atoms with van der Waals surface area (Å²) in [5.41, 5.74) is 1.81. The van der Waals surface area contributed by atoms with E-state index >= 15 is 0 Å². The van der Waals surface area contributed by atoms with E-state index in [4.69, 9.17) is 9.72 Å². The van der Waals surface area contributed by atoms with Gasteiger partial charge in [0.05, 0.1) is 23.5 Å². The SMILES string of the molecule is COCCn1c(SCc2ccccc2[N+](=O)[O-])nc2sc3c(c2c1=O)CCC3. The number of hydrogen-bond donors (Lipinski definition) is 0. The van der Waals surface area contributed by atoms with Gasteiger partial charge in [0, 0.05) is 29.4 Å². The molecule has 146 valence electrons. The first kappa shape index (κ1) is 19.1. The molecule has 2 heterocycles. The first-order valence-electron chi connectivity index (χ1n) is 8.99. The Kier molecular flexibility index (Phi) is 5.47. The van der Waals surface area contributed by atoms with Crippen LogP contribution in [0.1, 0.15) is 22.4 Å². The average molecular weight is 418 g/mol. The molecule has 3 aromatic rings. The quantitative estimate of drug-likeness (QED) is 0.252. The summed E-state index contributed by atoms with van der Waals surface area (Å²) >= 11 is 2.95. The highest BCUT2D eigenvalue weighted by Gasteiger charge is 2.23. The Morgan fingerprint density at radius 1 is 1.36 bits per heavy atom. The van der Waals surface area contributed by atoms with Crippen LogP contribution in [-0.2, 0) is 29.9 Å². The van der Waals surface area contributed by atoms with Crippen molar-refractivity contribution in [1.82, 2.24) is 9.55 Å². The van der Waals surface area contributed by atoms with Crippen LogP contribution in [0.25, 0.3) is 10.2 Å². The molecule has 0 unspecified atom stereocenters.